The summed E-state index contributed by atoms with van der Waals surface area (Å²) in [5, 5.41) is 3.49. The Bertz CT molecular complexity index is 389. The van der Waals surface area contributed by atoms with Crippen LogP contribution in [0.25, 0.3) is 0 Å². The summed E-state index contributed by atoms with van der Waals surface area (Å²) >= 11 is 0. The zero-order chi connectivity index (χ0) is 12.5. The van der Waals surface area contributed by atoms with Gasteiger partial charge in [-0.05, 0) is 46.1 Å². The van der Waals surface area contributed by atoms with Crippen LogP contribution >= 0.6 is 0 Å². The van der Waals surface area contributed by atoms with Crippen molar-refractivity contribution in [2.45, 2.75) is 65.0 Å². The molecule has 1 aromatic rings. The van der Waals surface area contributed by atoms with Crippen LogP contribution in [0.3, 0.4) is 0 Å². The summed E-state index contributed by atoms with van der Waals surface area (Å²) in [5.41, 5.74) is 2.47. The molecule has 0 spiro atoms. The van der Waals surface area contributed by atoms with Gasteiger partial charge in [0.15, 0.2) is 0 Å². The van der Waals surface area contributed by atoms with Crippen LogP contribution in [0.4, 0.5) is 0 Å². The van der Waals surface area contributed by atoms with E-state index in [1.54, 1.807) is 0 Å². The highest BCUT2D eigenvalue weighted by Gasteiger charge is 2.22. The fraction of sp³-hybridized carbons (Fsp3) is 0.714. The molecule has 0 aromatic carbocycles. The summed E-state index contributed by atoms with van der Waals surface area (Å²) in [6.07, 6.45) is 5.82. The zero-order valence-electron chi connectivity index (χ0n) is 11.4. The fourth-order valence-corrected chi connectivity index (χ4v) is 1.88. The Morgan fingerprint density at radius 1 is 1.35 bits per heavy atom. The topological polar surface area (TPSA) is 37.8 Å². The van der Waals surface area contributed by atoms with E-state index in [0.29, 0.717) is 5.92 Å². The number of aryl methyl sites for hydroxylation is 1. The Morgan fingerprint density at radius 3 is 2.59 bits per heavy atom. The highest BCUT2D eigenvalue weighted by atomic mass is 15.0. The second-order valence-corrected chi connectivity index (χ2v) is 6.09. The van der Waals surface area contributed by atoms with Crippen LogP contribution in [-0.2, 0) is 6.54 Å². The van der Waals surface area contributed by atoms with Crippen molar-refractivity contribution in [2.24, 2.45) is 0 Å². The number of aromatic nitrogens is 2. The molecule has 0 saturated heterocycles. The zero-order valence-corrected chi connectivity index (χ0v) is 11.4. The van der Waals surface area contributed by atoms with Gasteiger partial charge in [0.1, 0.15) is 5.82 Å². The lowest BCUT2D eigenvalue weighted by atomic mass is 9.85. The standard InChI is InChI=1S/C14H23N3/c1-10-8-15-13(11-6-5-7-11)17-12(10)9-16-14(2,3)4/h8,11,16H,5-7,9H2,1-4H3. The van der Waals surface area contributed by atoms with Gasteiger partial charge < -0.3 is 5.32 Å². The maximum atomic E-state index is 4.72. The van der Waals surface area contributed by atoms with E-state index in [1.165, 1.54) is 24.8 Å². The molecular formula is C14H23N3. The van der Waals surface area contributed by atoms with Gasteiger partial charge in [-0.15, -0.1) is 0 Å². The fourth-order valence-electron chi connectivity index (χ4n) is 1.88. The van der Waals surface area contributed by atoms with Crippen molar-refractivity contribution in [1.82, 2.24) is 15.3 Å². The first-order chi connectivity index (χ1) is 7.96. The van der Waals surface area contributed by atoms with E-state index in [9.17, 15) is 0 Å². The average molecular weight is 233 g/mol. The average Bonchev–Trinajstić information content (AvgIpc) is 2.15. The lowest BCUT2D eigenvalue weighted by Crippen LogP contribution is -2.35. The second-order valence-electron chi connectivity index (χ2n) is 6.09. The SMILES string of the molecule is Cc1cnc(C2CCC2)nc1CNC(C)(C)C. The normalized spacial score (nSPS) is 16.9. The molecule has 0 atom stereocenters. The highest BCUT2D eigenvalue weighted by molar-refractivity contribution is 5.17. The van der Waals surface area contributed by atoms with Crippen LogP contribution in [0, 0.1) is 6.92 Å². The number of rotatable bonds is 3. The molecule has 17 heavy (non-hydrogen) atoms. The van der Waals surface area contributed by atoms with E-state index in [-0.39, 0.29) is 5.54 Å². The van der Waals surface area contributed by atoms with Crippen LogP contribution in [0.2, 0.25) is 0 Å². The molecule has 0 aliphatic heterocycles. The molecule has 3 heteroatoms. The summed E-state index contributed by atoms with van der Waals surface area (Å²) in [4.78, 5) is 9.19. The van der Waals surface area contributed by atoms with Gasteiger partial charge in [-0.2, -0.15) is 0 Å². The summed E-state index contributed by atoms with van der Waals surface area (Å²) in [6, 6.07) is 0. The minimum absolute atomic E-state index is 0.133. The number of hydrogen-bond donors (Lipinski definition) is 1. The van der Waals surface area contributed by atoms with Crippen LogP contribution < -0.4 is 5.32 Å². The van der Waals surface area contributed by atoms with E-state index < -0.39 is 0 Å². The molecule has 94 valence electrons. The van der Waals surface area contributed by atoms with Crippen molar-refractivity contribution in [3.05, 3.63) is 23.3 Å². The molecule has 1 aliphatic rings. The van der Waals surface area contributed by atoms with Crippen molar-refractivity contribution in [2.75, 3.05) is 0 Å². The quantitative estimate of drug-likeness (QED) is 0.872. The van der Waals surface area contributed by atoms with Crippen LogP contribution in [0.15, 0.2) is 6.20 Å². The van der Waals surface area contributed by atoms with Crippen molar-refractivity contribution < 1.29 is 0 Å². The molecule has 3 nitrogen and oxygen atoms in total. The van der Waals surface area contributed by atoms with E-state index in [2.05, 4.69) is 38.0 Å². The van der Waals surface area contributed by atoms with Crippen LogP contribution in [0.1, 0.15) is 63.0 Å². The van der Waals surface area contributed by atoms with Crippen molar-refractivity contribution in [1.29, 1.82) is 0 Å². The largest absolute Gasteiger partial charge is 0.306 e. The summed E-state index contributed by atoms with van der Waals surface area (Å²) in [7, 11) is 0. The molecule has 1 N–H and O–H groups in total. The Morgan fingerprint density at radius 2 is 2.06 bits per heavy atom. The number of hydrogen-bond acceptors (Lipinski definition) is 3. The monoisotopic (exact) mass is 233 g/mol. The minimum atomic E-state index is 0.133. The van der Waals surface area contributed by atoms with Crippen LogP contribution in [0.5, 0.6) is 0 Å². The van der Waals surface area contributed by atoms with E-state index in [1.807, 2.05) is 6.20 Å². The summed E-state index contributed by atoms with van der Waals surface area (Å²) in [6.45, 7) is 9.45. The van der Waals surface area contributed by atoms with Gasteiger partial charge in [-0.25, -0.2) is 9.97 Å². The highest BCUT2D eigenvalue weighted by Crippen LogP contribution is 2.34. The maximum Gasteiger partial charge on any atom is 0.131 e. The minimum Gasteiger partial charge on any atom is -0.306 e. The molecule has 0 radical (unpaired) electrons. The first-order valence-corrected chi connectivity index (χ1v) is 6.53. The van der Waals surface area contributed by atoms with Gasteiger partial charge in [0.25, 0.3) is 0 Å². The third-order valence-corrected chi connectivity index (χ3v) is 3.35. The van der Waals surface area contributed by atoms with Crippen molar-refractivity contribution in [3.63, 3.8) is 0 Å². The first-order valence-electron chi connectivity index (χ1n) is 6.53. The number of nitrogens with zero attached hydrogens (tertiary/aromatic N) is 2. The molecule has 1 heterocycles. The lowest BCUT2D eigenvalue weighted by molar-refractivity contribution is 0.394. The molecule has 1 aromatic heterocycles. The Labute approximate surface area is 104 Å². The van der Waals surface area contributed by atoms with E-state index in [4.69, 9.17) is 4.98 Å². The van der Waals surface area contributed by atoms with Gasteiger partial charge in [0.05, 0.1) is 5.69 Å². The smallest absolute Gasteiger partial charge is 0.131 e. The summed E-state index contributed by atoms with van der Waals surface area (Å²) < 4.78 is 0. The summed E-state index contributed by atoms with van der Waals surface area (Å²) in [5.74, 6) is 1.66. The molecule has 0 amide bonds. The molecular weight excluding hydrogens is 210 g/mol. The maximum absolute atomic E-state index is 4.72. The molecule has 1 saturated carbocycles. The van der Waals surface area contributed by atoms with Crippen molar-refractivity contribution >= 4 is 0 Å². The first kappa shape index (κ1) is 12.5. The number of nitrogens with one attached hydrogen (secondary N) is 1. The van der Waals surface area contributed by atoms with Gasteiger partial charge >= 0.3 is 0 Å². The Hall–Kier alpha value is -0.960. The third kappa shape index (κ3) is 3.25. The molecule has 1 fully saturated rings. The Balaban J connectivity index is 2.09. The van der Waals surface area contributed by atoms with E-state index >= 15 is 0 Å². The second kappa shape index (κ2) is 4.73. The van der Waals surface area contributed by atoms with E-state index in [0.717, 1.165) is 18.1 Å². The van der Waals surface area contributed by atoms with Crippen molar-refractivity contribution in [3.8, 4) is 0 Å². The molecule has 2 rings (SSSR count). The Kier molecular flexibility index (Phi) is 3.48. The van der Waals surface area contributed by atoms with Gasteiger partial charge in [0, 0.05) is 24.2 Å². The van der Waals surface area contributed by atoms with Gasteiger partial charge in [-0.1, -0.05) is 6.42 Å². The molecule has 0 bridgehead atoms. The lowest BCUT2D eigenvalue weighted by Gasteiger charge is -2.25. The molecule has 0 unspecified atom stereocenters. The third-order valence-electron chi connectivity index (χ3n) is 3.35. The predicted molar refractivity (Wildman–Crippen MR) is 70.0 cm³/mol. The predicted octanol–water partition coefficient (Wildman–Crippen LogP) is 2.94. The van der Waals surface area contributed by atoms with Gasteiger partial charge in [-0.3, -0.25) is 0 Å². The van der Waals surface area contributed by atoms with Crippen LogP contribution in [-0.4, -0.2) is 15.5 Å². The molecule has 1 aliphatic carbocycles. The van der Waals surface area contributed by atoms with Gasteiger partial charge in [0.2, 0.25) is 0 Å².